The largest absolute Gasteiger partial charge is 0.467 e. The van der Waals surface area contributed by atoms with E-state index in [-0.39, 0.29) is 0 Å². The van der Waals surface area contributed by atoms with Crippen molar-refractivity contribution in [1.82, 2.24) is 5.32 Å². The average Bonchev–Trinajstić information content (AvgIpc) is 2.33. The fraction of sp³-hybridized carbons (Fsp3) is 0.571. The number of ether oxygens (including phenoxy) is 2. The van der Waals surface area contributed by atoms with Crippen LogP contribution in [0, 0.1) is 6.92 Å². The topological polar surface area (TPSA) is 30.5 Å². The smallest absolute Gasteiger partial charge is 0.189 e. The van der Waals surface area contributed by atoms with Crippen LogP contribution in [0.1, 0.15) is 31.4 Å². The van der Waals surface area contributed by atoms with Crippen LogP contribution in [0.2, 0.25) is 0 Å². The van der Waals surface area contributed by atoms with Gasteiger partial charge in [-0.25, -0.2) is 0 Å². The van der Waals surface area contributed by atoms with Crippen molar-refractivity contribution in [2.75, 3.05) is 19.9 Å². The van der Waals surface area contributed by atoms with E-state index in [1.165, 1.54) is 5.56 Å². The zero-order valence-electron chi connectivity index (χ0n) is 11.1. The average molecular weight is 237 g/mol. The highest BCUT2D eigenvalue weighted by Crippen LogP contribution is 2.23. The van der Waals surface area contributed by atoms with Crippen LogP contribution in [0.25, 0.3) is 0 Å². The number of aryl methyl sites for hydroxylation is 1. The molecular formula is C14H23NO2. The molecule has 96 valence electrons. The molecule has 1 N–H and O–H groups in total. The van der Waals surface area contributed by atoms with Crippen LogP contribution in [0.15, 0.2) is 18.2 Å². The lowest BCUT2D eigenvalue weighted by atomic mass is 10.1. The second-order valence-corrected chi connectivity index (χ2v) is 3.99. The lowest BCUT2D eigenvalue weighted by molar-refractivity contribution is 0.0214. The summed E-state index contributed by atoms with van der Waals surface area (Å²) in [6, 6.07) is 6.22. The summed E-state index contributed by atoms with van der Waals surface area (Å²) >= 11 is 0. The summed E-state index contributed by atoms with van der Waals surface area (Å²) in [6.45, 7) is 9.05. The Morgan fingerprint density at radius 1 is 1.24 bits per heavy atom. The molecule has 0 aliphatic rings. The van der Waals surface area contributed by atoms with Crippen molar-refractivity contribution in [1.29, 1.82) is 0 Å². The summed E-state index contributed by atoms with van der Waals surface area (Å²) < 4.78 is 10.9. The van der Waals surface area contributed by atoms with Gasteiger partial charge in [0.1, 0.15) is 5.75 Å². The Kier molecular flexibility index (Phi) is 6.67. The molecule has 0 atom stereocenters. The summed E-state index contributed by atoms with van der Waals surface area (Å²) in [4.78, 5) is 0. The van der Waals surface area contributed by atoms with E-state index < -0.39 is 0 Å². The molecule has 0 spiro atoms. The number of benzene rings is 1. The molecule has 1 aromatic carbocycles. The minimum atomic E-state index is 0.322. The first-order valence-corrected chi connectivity index (χ1v) is 6.29. The second kappa shape index (κ2) is 8.09. The number of rotatable bonds is 8. The summed E-state index contributed by atoms with van der Waals surface area (Å²) in [5, 5.41) is 3.39. The van der Waals surface area contributed by atoms with E-state index in [0.29, 0.717) is 13.4 Å². The van der Waals surface area contributed by atoms with Crippen LogP contribution in [-0.4, -0.2) is 19.9 Å². The Labute approximate surface area is 104 Å². The molecule has 0 bridgehead atoms. The molecule has 0 aliphatic heterocycles. The van der Waals surface area contributed by atoms with E-state index in [9.17, 15) is 0 Å². The van der Waals surface area contributed by atoms with Gasteiger partial charge in [-0.3, -0.25) is 0 Å². The van der Waals surface area contributed by atoms with Gasteiger partial charge in [-0.05, 0) is 32.4 Å². The van der Waals surface area contributed by atoms with Crippen LogP contribution in [0.5, 0.6) is 5.75 Å². The van der Waals surface area contributed by atoms with Crippen molar-refractivity contribution in [2.45, 2.75) is 33.7 Å². The van der Waals surface area contributed by atoms with E-state index in [4.69, 9.17) is 9.47 Å². The van der Waals surface area contributed by atoms with Gasteiger partial charge in [-0.1, -0.05) is 25.1 Å². The maximum absolute atomic E-state index is 5.68. The van der Waals surface area contributed by atoms with Gasteiger partial charge < -0.3 is 14.8 Å². The van der Waals surface area contributed by atoms with Crippen LogP contribution in [0.3, 0.4) is 0 Å². The molecule has 0 unspecified atom stereocenters. The highest BCUT2D eigenvalue weighted by molar-refractivity contribution is 5.40. The zero-order chi connectivity index (χ0) is 12.5. The third-order valence-corrected chi connectivity index (χ3v) is 2.53. The first-order chi connectivity index (χ1) is 8.29. The molecule has 1 rings (SSSR count). The third kappa shape index (κ3) is 4.75. The number of hydrogen-bond acceptors (Lipinski definition) is 3. The van der Waals surface area contributed by atoms with Crippen molar-refractivity contribution in [3.05, 3.63) is 29.3 Å². The Bertz CT molecular complexity index is 326. The molecule has 3 nitrogen and oxygen atoms in total. The van der Waals surface area contributed by atoms with Crippen molar-refractivity contribution < 1.29 is 9.47 Å². The van der Waals surface area contributed by atoms with E-state index in [1.54, 1.807) is 0 Å². The second-order valence-electron chi connectivity index (χ2n) is 3.99. The monoisotopic (exact) mass is 237 g/mol. The van der Waals surface area contributed by atoms with E-state index in [2.05, 4.69) is 37.4 Å². The molecule has 0 aromatic heterocycles. The molecule has 17 heavy (non-hydrogen) atoms. The molecule has 0 amide bonds. The molecular weight excluding hydrogens is 214 g/mol. The van der Waals surface area contributed by atoms with E-state index in [0.717, 1.165) is 30.8 Å². The molecule has 0 heterocycles. The van der Waals surface area contributed by atoms with Gasteiger partial charge in [-0.15, -0.1) is 0 Å². The van der Waals surface area contributed by atoms with Crippen LogP contribution < -0.4 is 10.1 Å². The van der Waals surface area contributed by atoms with Gasteiger partial charge in [0.25, 0.3) is 0 Å². The minimum absolute atomic E-state index is 0.322. The Balaban J connectivity index is 2.63. The van der Waals surface area contributed by atoms with Crippen molar-refractivity contribution in [3.63, 3.8) is 0 Å². The molecule has 0 aliphatic carbocycles. The predicted octanol–water partition coefficient (Wildman–Crippen LogP) is 2.87. The number of hydrogen-bond donors (Lipinski definition) is 1. The van der Waals surface area contributed by atoms with Crippen LogP contribution in [0.4, 0.5) is 0 Å². The molecule has 3 heteroatoms. The van der Waals surface area contributed by atoms with Crippen LogP contribution in [-0.2, 0) is 11.3 Å². The number of nitrogens with one attached hydrogen (secondary N) is 1. The fourth-order valence-electron chi connectivity index (χ4n) is 1.64. The SMILES string of the molecule is CCCNCc1cccc(C)c1OCOCC. The van der Waals surface area contributed by atoms with Gasteiger partial charge in [-0.2, -0.15) is 0 Å². The lowest BCUT2D eigenvalue weighted by Crippen LogP contribution is -2.15. The van der Waals surface area contributed by atoms with Gasteiger partial charge in [0.15, 0.2) is 6.79 Å². The predicted molar refractivity (Wildman–Crippen MR) is 70.3 cm³/mol. The molecule has 1 aromatic rings. The van der Waals surface area contributed by atoms with Gasteiger partial charge in [0, 0.05) is 18.7 Å². The van der Waals surface area contributed by atoms with Crippen molar-refractivity contribution in [2.24, 2.45) is 0 Å². The lowest BCUT2D eigenvalue weighted by Gasteiger charge is -2.14. The standard InChI is InChI=1S/C14H23NO2/c1-4-9-15-10-13-8-6-7-12(3)14(13)17-11-16-5-2/h6-8,15H,4-5,9-11H2,1-3H3. The van der Waals surface area contributed by atoms with Crippen LogP contribution >= 0.6 is 0 Å². The highest BCUT2D eigenvalue weighted by atomic mass is 16.7. The van der Waals surface area contributed by atoms with E-state index in [1.807, 2.05) is 6.92 Å². The number of para-hydroxylation sites is 1. The Morgan fingerprint density at radius 2 is 2.06 bits per heavy atom. The molecule has 0 saturated heterocycles. The molecule has 0 saturated carbocycles. The molecule has 0 fully saturated rings. The minimum Gasteiger partial charge on any atom is -0.467 e. The van der Waals surface area contributed by atoms with E-state index >= 15 is 0 Å². The summed E-state index contributed by atoms with van der Waals surface area (Å²) in [5.41, 5.74) is 2.35. The Morgan fingerprint density at radius 3 is 2.76 bits per heavy atom. The fourth-order valence-corrected chi connectivity index (χ4v) is 1.64. The summed E-state index contributed by atoms with van der Waals surface area (Å²) in [7, 11) is 0. The highest BCUT2D eigenvalue weighted by Gasteiger charge is 2.06. The molecule has 0 radical (unpaired) electrons. The summed E-state index contributed by atoms with van der Waals surface area (Å²) in [6.07, 6.45) is 1.14. The maximum Gasteiger partial charge on any atom is 0.189 e. The zero-order valence-corrected chi connectivity index (χ0v) is 11.1. The quantitative estimate of drug-likeness (QED) is 0.557. The third-order valence-electron chi connectivity index (χ3n) is 2.53. The van der Waals surface area contributed by atoms with Gasteiger partial charge in [0.05, 0.1) is 0 Å². The Hall–Kier alpha value is -1.06. The normalized spacial score (nSPS) is 10.5. The first-order valence-electron chi connectivity index (χ1n) is 6.29. The van der Waals surface area contributed by atoms with Crippen molar-refractivity contribution >= 4 is 0 Å². The van der Waals surface area contributed by atoms with Gasteiger partial charge >= 0.3 is 0 Å². The van der Waals surface area contributed by atoms with Crippen molar-refractivity contribution in [3.8, 4) is 5.75 Å². The maximum atomic E-state index is 5.68. The van der Waals surface area contributed by atoms with Gasteiger partial charge in [0.2, 0.25) is 0 Å². The summed E-state index contributed by atoms with van der Waals surface area (Å²) in [5.74, 6) is 0.949. The first kappa shape index (κ1) is 14.0.